The number of aromatic nitrogens is 2. The standard InChI is InChI=1S/C14H17FN4O/c1-3-12-10(8-19(2)18-12)7-17-13-6-9(14(16)20)4-5-11(13)15/h4-6,8,17H,3,7H2,1-2H3,(H2,16,20). The molecular formula is C14H17FN4O. The van der Waals surface area contributed by atoms with Crippen LogP contribution in [0.25, 0.3) is 0 Å². The first-order valence-corrected chi connectivity index (χ1v) is 6.36. The molecule has 0 saturated heterocycles. The third kappa shape index (κ3) is 2.96. The summed E-state index contributed by atoms with van der Waals surface area (Å²) < 4.78 is 15.4. The van der Waals surface area contributed by atoms with Gasteiger partial charge in [0.2, 0.25) is 5.91 Å². The monoisotopic (exact) mass is 276 g/mol. The van der Waals surface area contributed by atoms with Gasteiger partial charge < -0.3 is 11.1 Å². The highest BCUT2D eigenvalue weighted by atomic mass is 19.1. The average molecular weight is 276 g/mol. The third-order valence-electron chi connectivity index (χ3n) is 3.05. The Morgan fingerprint density at radius 3 is 2.90 bits per heavy atom. The largest absolute Gasteiger partial charge is 0.378 e. The molecule has 0 radical (unpaired) electrons. The Kier molecular flexibility index (Phi) is 4.02. The van der Waals surface area contributed by atoms with Gasteiger partial charge in [-0.2, -0.15) is 5.10 Å². The number of nitrogens with two attached hydrogens (primary N) is 1. The molecule has 0 aliphatic carbocycles. The van der Waals surface area contributed by atoms with Crippen LogP contribution in [0.1, 0.15) is 28.5 Å². The Bertz CT molecular complexity index is 636. The first-order chi connectivity index (χ1) is 9.51. The molecule has 2 aromatic rings. The van der Waals surface area contributed by atoms with Gasteiger partial charge in [-0.3, -0.25) is 9.48 Å². The number of hydrogen-bond donors (Lipinski definition) is 2. The van der Waals surface area contributed by atoms with Crippen LogP contribution in [0, 0.1) is 5.82 Å². The quantitative estimate of drug-likeness (QED) is 0.875. The summed E-state index contributed by atoms with van der Waals surface area (Å²) in [4.78, 5) is 11.1. The lowest BCUT2D eigenvalue weighted by molar-refractivity contribution is 0.100. The Labute approximate surface area is 116 Å². The number of amides is 1. The Morgan fingerprint density at radius 2 is 2.25 bits per heavy atom. The van der Waals surface area contributed by atoms with Crippen molar-refractivity contribution in [3.8, 4) is 0 Å². The molecular weight excluding hydrogens is 259 g/mol. The maximum Gasteiger partial charge on any atom is 0.248 e. The maximum atomic E-state index is 13.7. The molecule has 0 unspecified atom stereocenters. The Morgan fingerprint density at radius 1 is 1.50 bits per heavy atom. The average Bonchev–Trinajstić information content (AvgIpc) is 2.77. The van der Waals surface area contributed by atoms with Gasteiger partial charge in [0.1, 0.15) is 5.82 Å². The highest BCUT2D eigenvalue weighted by Crippen LogP contribution is 2.18. The zero-order valence-electron chi connectivity index (χ0n) is 11.5. The second-order valence-corrected chi connectivity index (χ2v) is 4.54. The van der Waals surface area contributed by atoms with Crippen LogP contribution in [0.5, 0.6) is 0 Å². The normalized spacial score (nSPS) is 10.6. The molecule has 20 heavy (non-hydrogen) atoms. The second-order valence-electron chi connectivity index (χ2n) is 4.54. The first-order valence-electron chi connectivity index (χ1n) is 6.36. The predicted molar refractivity (Wildman–Crippen MR) is 74.8 cm³/mol. The van der Waals surface area contributed by atoms with Crippen LogP contribution in [0.4, 0.5) is 10.1 Å². The highest BCUT2D eigenvalue weighted by molar-refractivity contribution is 5.93. The number of carbonyl (C=O) groups is 1. The van der Waals surface area contributed by atoms with Gasteiger partial charge in [-0.1, -0.05) is 6.92 Å². The molecule has 6 heteroatoms. The summed E-state index contributed by atoms with van der Waals surface area (Å²) in [6, 6.07) is 4.01. The molecule has 0 fully saturated rings. The zero-order chi connectivity index (χ0) is 14.7. The minimum absolute atomic E-state index is 0.257. The predicted octanol–water partition coefficient (Wildman–Crippen LogP) is 1.83. The van der Waals surface area contributed by atoms with Crippen molar-refractivity contribution >= 4 is 11.6 Å². The number of rotatable bonds is 5. The van der Waals surface area contributed by atoms with E-state index in [-0.39, 0.29) is 11.3 Å². The van der Waals surface area contributed by atoms with Crippen LogP contribution >= 0.6 is 0 Å². The Balaban J connectivity index is 2.18. The smallest absolute Gasteiger partial charge is 0.248 e. The van der Waals surface area contributed by atoms with Gasteiger partial charge in [0.25, 0.3) is 0 Å². The number of halogens is 1. The molecule has 0 aliphatic rings. The van der Waals surface area contributed by atoms with E-state index < -0.39 is 11.7 Å². The van der Waals surface area contributed by atoms with Crippen molar-refractivity contribution in [2.24, 2.45) is 12.8 Å². The topological polar surface area (TPSA) is 72.9 Å². The van der Waals surface area contributed by atoms with E-state index in [1.165, 1.54) is 18.2 Å². The molecule has 2 rings (SSSR count). The number of benzene rings is 1. The van der Waals surface area contributed by atoms with Crippen LogP contribution in [-0.2, 0) is 20.0 Å². The number of anilines is 1. The molecule has 1 aromatic carbocycles. The van der Waals surface area contributed by atoms with E-state index in [0.29, 0.717) is 6.54 Å². The molecule has 0 aliphatic heterocycles. The lowest BCUT2D eigenvalue weighted by atomic mass is 10.1. The third-order valence-corrected chi connectivity index (χ3v) is 3.05. The van der Waals surface area contributed by atoms with E-state index >= 15 is 0 Å². The van der Waals surface area contributed by atoms with Gasteiger partial charge in [0, 0.05) is 30.9 Å². The van der Waals surface area contributed by atoms with Crippen LogP contribution in [0.15, 0.2) is 24.4 Å². The SMILES string of the molecule is CCc1nn(C)cc1CNc1cc(C(N)=O)ccc1F. The van der Waals surface area contributed by atoms with Gasteiger partial charge in [-0.25, -0.2) is 4.39 Å². The fourth-order valence-corrected chi connectivity index (χ4v) is 2.03. The van der Waals surface area contributed by atoms with Crippen molar-refractivity contribution in [3.05, 3.63) is 47.0 Å². The fraction of sp³-hybridized carbons (Fsp3) is 0.286. The minimum Gasteiger partial charge on any atom is -0.378 e. The van der Waals surface area contributed by atoms with Crippen molar-refractivity contribution < 1.29 is 9.18 Å². The van der Waals surface area contributed by atoms with Gasteiger partial charge >= 0.3 is 0 Å². The molecule has 106 valence electrons. The molecule has 1 heterocycles. The van der Waals surface area contributed by atoms with Gasteiger partial charge in [0.15, 0.2) is 0 Å². The van der Waals surface area contributed by atoms with E-state index in [0.717, 1.165) is 17.7 Å². The Hall–Kier alpha value is -2.37. The number of primary amides is 1. The van der Waals surface area contributed by atoms with Crippen molar-refractivity contribution in [1.29, 1.82) is 0 Å². The van der Waals surface area contributed by atoms with Crippen molar-refractivity contribution in [1.82, 2.24) is 9.78 Å². The van der Waals surface area contributed by atoms with Crippen molar-refractivity contribution in [2.45, 2.75) is 19.9 Å². The zero-order valence-corrected chi connectivity index (χ0v) is 11.5. The number of hydrogen-bond acceptors (Lipinski definition) is 3. The van der Waals surface area contributed by atoms with Crippen LogP contribution < -0.4 is 11.1 Å². The van der Waals surface area contributed by atoms with Crippen LogP contribution in [0.3, 0.4) is 0 Å². The fourth-order valence-electron chi connectivity index (χ4n) is 2.03. The molecule has 0 bridgehead atoms. The van der Waals surface area contributed by atoms with Gasteiger partial charge in [-0.05, 0) is 24.6 Å². The summed E-state index contributed by atoms with van der Waals surface area (Å²) in [6.45, 7) is 2.45. The van der Waals surface area contributed by atoms with Crippen molar-refractivity contribution in [2.75, 3.05) is 5.32 Å². The number of nitrogens with one attached hydrogen (secondary N) is 1. The molecule has 0 saturated carbocycles. The van der Waals surface area contributed by atoms with Crippen LogP contribution in [0.2, 0.25) is 0 Å². The number of nitrogens with zero attached hydrogens (tertiary/aromatic N) is 2. The molecule has 0 atom stereocenters. The molecule has 0 spiro atoms. The summed E-state index contributed by atoms with van der Waals surface area (Å²) in [7, 11) is 1.84. The lowest BCUT2D eigenvalue weighted by Gasteiger charge is -2.08. The summed E-state index contributed by atoms with van der Waals surface area (Å²) in [6.07, 6.45) is 2.70. The lowest BCUT2D eigenvalue weighted by Crippen LogP contribution is -2.12. The van der Waals surface area contributed by atoms with Crippen molar-refractivity contribution in [3.63, 3.8) is 0 Å². The van der Waals surface area contributed by atoms with Gasteiger partial charge in [0.05, 0.1) is 11.4 Å². The first kappa shape index (κ1) is 14.0. The minimum atomic E-state index is -0.580. The number of aryl methyl sites for hydroxylation is 2. The van der Waals surface area contributed by atoms with E-state index in [2.05, 4.69) is 10.4 Å². The van der Waals surface area contributed by atoms with E-state index in [9.17, 15) is 9.18 Å². The summed E-state index contributed by atoms with van der Waals surface area (Å²) in [5.74, 6) is -0.999. The maximum absolute atomic E-state index is 13.7. The second kappa shape index (κ2) is 5.73. The summed E-state index contributed by atoms with van der Waals surface area (Å²) in [5.41, 5.74) is 7.68. The van der Waals surface area contributed by atoms with E-state index in [1.807, 2.05) is 20.2 Å². The molecule has 3 N–H and O–H groups in total. The molecule has 5 nitrogen and oxygen atoms in total. The summed E-state index contributed by atoms with van der Waals surface area (Å²) in [5, 5.41) is 7.29. The summed E-state index contributed by atoms with van der Waals surface area (Å²) >= 11 is 0. The van der Waals surface area contributed by atoms with Gasteiger partial charge in [-0.15, -0.1) is 0 Å². The highest BCUT2D eigenvalue weighted by Gasteiger charge is 2.09. The van der Waals surface area contributed by atoms with Crippen LogP contribution in [-0.4, -0.2) is 15.7 Å². The molecule has 1 aromatic heterocycles. The molecule has 1 amide bonds. The number of carbonyl (C=O) groups excluding carboxylic acids is 1. The van der Waals surface area contributed by atoms with E-state index in [1.54, 1.807) is 4.68 Å². The van der Waals surface area contributed by atoms with E-state index in [4.69, 9.17) is 5.73 Å².